The van der Waals surface area contributed by atoms with Gasteiger partial charge in [0.15, 0.2) is 0 Å². The Balaban J connectivity index is 0.00000264. The maximum Gasteiger partial charge on any atom is 0.252 e. The Morgan fingerprint density at radius 2 is 2.09 bits per heavy atom. The molecular formula is C18H23ClN2O2. The van der Waals surface area contributed by atoms with E-state index in [1.807, 2.05) is 32.9 Å². The van der Waals surface area contributed by atoms with Crippen LogP contribution in [0.25, 0.3) is 0 Å². The molecule has 0 spiro atoms. The Kier molecular flexibility index (Phi) is 7.55. The predicted octanol–water partition coefficient (Wildman–Crippen LogP) is 3.57. The number of ether oxygens (including phenoxy) is 1. The zero-order valence-electron chi connectivity index (χ0n) is 13.7. The molecule has 1 heterocycles. The minimum Gasteiger partial charge on any atom is -0.491 e. The highest BCUT2D eigenvalue weighted by Gasteiger charge is 2.06. The molecular weight excluding hydrogens is 312 g/mol. The first-order valence-electron chi connectivity index (χ1n) is 7.50. The van der Waals surface area contributed by atoms with Gasteiger partial charge in [-0.2, -0.15) is 0 Å². The van der Waals surface area contributed by atoms with E-state index in [9.17, 15) is 4.79 Å². The molecule has 23 heavy (non-hydrogen) atoms. The predicted molar refractivity (Wildman–Crippen MR) is 94.5 cm³/mol. The fourth-order valence-electron chi connectivity index (χ4n) is 2.17. The van der Waals surface area contributed by atoms with Gasteiger partial charge in [-0.1, -0.05) is 12.1 Å². The summed E-state index contributed by atoms with van der Waals surface area (Å²) in [6.07, 6.45) is 4.18. The molecule has 1 amide bonds. The summed E-state index contributed by atoms with van der Waals surface area (Å²) in [5, 5.41) is 2.90. The molecule has 0 unspecified atom stereocenters. The Labute approximate surface area is 143 Å². The van der Waals surface area contributed by atoms with Gasteiger partial charge in [0, 0.05) is 18.9 Å². The van der Waals surface area contributed by atoms with E-state index < -0.39 is 0 Å². The Hall–Kier alpha value is -2.07. The number of pyridine rings is 1. The van der Waals surface area contributed by atoms with Crippen LogP contribution >= 0.6 is 12.4 Å². The zero-order valence-corrected chi connectivity index (χ0v) is 14.5. The van der Waals surface area contributed by atoms with Crippen LogP contribution in [0.15, 0.2) is 42.7 Å². The third-order valence-electron chi connectivity index (χ3n) is 3.22. The van der Waals surface area contributed by atoms with E-state index in [0.717, 1.165) is 17.7 Å². The average molecular weight is 335 g/mol. The summed E-state index contributed by atoms with van der Waals surface area (Å²) in [4.78, 5) is 15.8. The van der Waals surface area contributed by atoms with Crippen LogP contribution in [0.1, 0.15) is 35.3 Å². The maximum absolute atomic E-state index is 11.9. The molecule has 0 aliphatic heterocycles. The fourth-order valence-corrected chi connectivity index (χ4v) is 2.17. The average Bonchev–Trinajstić information content (AvgIpc) is 2.50. The number of amides is 1. The van der Waals surface area contributed by atoms with Gasteiger partial charge in [-0.3, -0.25) is 9.78 Å². The molecule has 0 bridgehead atoms. The Morgan fingerprint density at radius 1 is 1.30 bits per heavy atom. The van der Waals surface area contributed by atoms with Gasteiger partial charge < -0.3 is 10.1 Å². The van der Waals surface area contributed by atoms with Gasteiger partial charge in [-0.05, 0) is 56.5 Å². The van der Waals surface area contributed by atoms with E-state index >= 15 is 0 Å². The van der Waals surface area contributed by atoms with Gasteiger partial charge in [0.2, 0.25) is 0 Å². The van der Waals surface area contributed by atoms with Crippen molar-refractivity contribution in [3.8, 4) is 5.75 Å². The molecule has 1 N–H and O–H groups in total. The number of halogens is 1. The SMILES string of the molecule is Cc1cc(CCNC(=O)c2cccnc2)ccc1OC(C)C.Cl. The fraction of sp³-hybridized carbons (Fsp3) is 0.333. The highest BCUT2D eigenvalue weighted by molar-refractivity contribution is 5.93. The van der Waals surface area contributed by atoms with E-state index in [-0.39, 0.29) is 24.4 Å². The van der Waals surface area contributed by atoms with Gasteiger partial charge in [0.05, 0.1) is 11.7 Å². The molecule has 1 aromatic carbocycles. The number of hydrogen-bond donors (Lipinski definition) is 1. The van der Waals surface area contributed by atoms with Gasteiger partial charge >= 0.3 is 0 Å². The van der Waals surface area contributed by atoms with E-state index in [1.165, 1.54) is 5.56 Å². The maximum atomic E-state index is 11.9. The first kappa shape index (κ1) is 19.0. The Morgan fingerprint density at radius 3 is 2.70 bits per heavy atom. The molecule has 0 fully saturated rings. The lowest BCUT2D eigenvalue weighted by atomic mass is 10.1. The second-order valence-electron chi connectivity index (χ2n) is 5.51. The lowest BCUT2D eigenvalue weighted by molar-refractivity contribution is 0.0953. The van der Waals surface area contributed by atoms with Crippen molar-refractivity contribution in [3.05, 3.63) is 59.4 Å². The number of rotatable bonds is 6. The standard InChI is InChI=1S/C18H22N2O2.ClH/c1-13(2)22-17-7-6-15(11-14(17)3)8-10-20-18(21)16-5-4-9-19-12-16;/h4-7,9,11-13H,8,10H2,1-3H3,(H,20,21);1H. The van der Waals surface area contributed by atoms with Crippen molar-refractivity contribution in [3.63, 3.8) is 0 Å². The van der Waals surface area contributed by atoms with Crippen LogP contribution in [0, 0.1) is 6.92 Å². The molecule has 0 saturated carbocycles. The summed E-state index contributed by atoms with van der Waals surface area (Å²) in [7, 11) is 0. The van der Waals surface area contributed by atoms with E-state index in [1.54, 1.807) is 24.5 Å². The number of nitrogens with zero attached hydrogens (tertiary/aromatic N) is 1. The topological polar surface area (TPSA) is 51.2 Å². The molecule has 124 valence electrons. The van der Waals surface area contributed by atoms with E-state index in [4.69, 9.17) is 4.74 Å². The highest BCUT2D eigenvalue weighted by atomic mass is 35.5. The van der Waals surface area contributed by atoms with Gasteiger partial charge in [-0.25, -0.2) is 0 Å². The lowest BCUT2D eigenvalue weighted by Crippen LogP contribution is -2.25. The van der Waals surface area contributed by atoms with Crippen LogP contribution in [0.2, 0.25) is 0 Å². The van der Waals surface area contributed by atoms with Crippen molar-refractivity contribution in [1.82, 2.24) is 10.3 Å². The minimum absolute atomic E-state index is 0. The van der Waals surface area contributed by atoms with E-state index in [0.29, 0.717) is 12.1 Å². The molecule has 1 aromatic heterocycles. The Bertz CT molecular complexity index is 630. The number of carbonyl (C=O) groups is 1. The van der Waals surface area contributed by atoms with Crippen LogP contribution in [0.3, 0.4) is 0 Å². The monoisotopic (exact) mass is 334 g/mol. The van der Waals surface area contributed by atoms with Crippen molar-refractivity contribution < 1.29 is 9.53 Å². The smallest absolute Gasteiger partial charge is 0.252 e. The van der Waals surface area contributed by atoms with Crippen molar-refractivity contribution in [2.75, 3.05) is 6.54 Å². The number of aryl methyl sites for hydroxylation is 1. The normalized spacial score (nSPS) is 10.1. The van der Waals surface area contributed by atoms with Crippen molar-refractivity contribution in [1.29, 1.82) is 0 Å². The van der Waals surface area contributed by atoms with Crippen molar-refractivity contribution in [2.24, 2.45) is 0 Å². The summed E-state index contributed by atoms with van der Waals surface area (Å²) >= 11 is 0. The molecule has 0 radical (unpaired) electrons. The molecule has 5 heteroatoms. The summed E-state index contributed by atoms with van der Waals surface area (Å²) in [6, 6.07) is 9.65. The van der Waals surface area contributed by atoms with Crippen LogP contribution in [0.5, 0.6) is 5.75 Å². The molecule has 4 nitrogen and oxygen atoms in total. The van der Waals surface area contributed by atoms with Gasteiger partial charge in [0.1, 0.15) is 5.75 Å². The summed E-state index contributed by atoms with van der Waals surface area (Å²) < 4.78 is 5.72. The first-order chi connectivity index (χ1) is 10.6. The van der Waals surface area contributed by atoms with Crippen LogP contribution < -0.4 is 10.1 Å². The van der Waals surface area contributed by atoms with Crippen LogP contribution in [-0.2, 0) is 6.42 Å². The molecule has 0 saturated heterocycles. The highest BCUT2D eigenvalue weighted by Crippen LogP contribution is 2.20. The third kappa shape index (κ3) is 5.91. The van der Waals surface area contributed by atoms with Crippen LogP contribution in [0.4, 0.5) is 0 Å². The third-order valence-corrected chi connectivity index (χ3v) is 3.22. The number of aromatic nitrogens is 1. The van der Waals surface area contributed by atoms with Crippen LogP contribution in [-0.4, -0.2) is 23.5 Å². The number of benzene rings is 1. The summed E-state index contributed by atoms with van der Waals surface area (Å²) in [5.74, 6) is 0.822. The number of hydrogen-bond acceptors (Lipinski definition) is 3. The van der Waals surface area contributed by atoms with Crippen molar-refractivity contribution >= 4 is 18.3 Å². The number of carbonyl (C=O) groups excluding carboxylic acids is 1. The molecule has 0 aliphatic carbocycles. The van der Waals surface area contributed by atoms with Gasteiger partial charge in [-0.15, -0.1) is 12.4 Å². The second kappa shape index (κ2) is 9.16. The first-order valence-corrected chi connectivity index (χ1v) is 7.50. The second-order valence-corrected chi connectivity index (χ2v) is 5.51. The van der Waals surface area contributed by atoms with Crippen molar-refractivity contribution in [2.45, 2.75) is 33.3 Å². The molecule has 2 aromatic rings. The molecule has 0 atom stereocenters. The number of nitrogens with one attached hydrogen (secondary N) is 1. The van der Waals surface area contributed by atoms with E-state index in [2.05, 4.69) is 16.4 Å². The van der Waals surface area contributed by atoms with Gasteiger partial charge in [0.25, 0.3) is 5.91 Å². The molecule has 2 rings (SSSR count). The lowest BCUT2D eigenvalue weighted by Gasteiger charge is -2.13. The molecule has 0 aliphatic rings. The summed E-state index contributed by atoms with van der Waals surface area (Å²) in [6.45, 7) is 6.66. The largest absolute Gasteiger partial charge is 0.491 e. The zero-order chi connectivity index (χ0) is 15.9. The summed E-state index contributed by atoms with van der Waals surface area (Å²) in [5.41, 5.74) is 2.88. The quantitative estimate of drug-likeness (QED) is 0.878. The minimum atomic E-state index is -0.0930.